The van der Waals surface area contributed by atoms with Gasteiger partial charge in [-0.15, -0.1) is 0 Å². The molecule has 0 aromatic heterocycles. The van der Waals surface area contributed by atoms with Crippen LogP contribution < -0.4 is 0 Å². The van der Waals surface area contributed by atoms with Gasteiger partial charge in [0, 0.05) is 0 Å². The van der Waals surface area contributed by atoms with E-state index >= 15 is 0 Å². The number of aliphatic hydroxyl groups excluding tert-OH is 1. The zero-order chi connectivity index (χ0) is 11.0. The molecule has 0 aliphatic heterocycles. The Morgan fingerprint density at radius 2 is 2.07 bits per heavy atom. The van der Waals surface area contributed by atoms with Gasteiger partial charge in [0.2, 0.25) is 0 Å². The Kier molecular flexibility index (Phi) is 2.91. The van der Waals surface area contributed by atoms with Crippen molar-refractivity contribution in [2.75, 3.05) is 6.61 Å². The second-order valence-corrected chi connectivity index (χ2v) is 4.49. The average molecular weight is 220 g/mol. The van der Waals surface area contributed by atoms with Crippen LogP contribution in [0.2, 0.25) is 0 Å². The van der Waals surface area contributed by atoms with E-state index in [4.69, 9.17) is 0 Å². The van der Waals surface area contributed by atoms with Crippen molar-refractivity contribution in [2.24, 2.45) is 17.8 Å². The molecule has 0 spiro atoms. The first-order valence-electron chi connectivity index (χ1n) is 5.20. The van der Waals surface area contributed by atoms with E-state index in [1.54, 1.807) is 0 Å². The number of hydrogen-bond acceptors (Lipinski definition) is 3. The summed E-state index contributed by atoms with van der Waals surface area (Å²) in [6.07, 6.45) is -0.812. The summed E-state index contributed by atoms with van der Waals surface area (Å²) in [7, 11) is 0. The molecule has 3 nitrogen and oxygen atoms in total. The van der Waals surface area contributed by atoms with Crippen LogP contribution in [0.15, 0.2) is 0 Å². The van der Waals surface area contributed by atoms with E-state index in [2.05, 4.69) is 4.74 Å². The lowest BCUT2D eigenvalue weighted by Gasteiger charge is -2.24. The molecule has 0 radical (unpaired) electrons. The molecule has 0 aromatic carbocycles. The zero-order valence-electron chi connectivity index (χ0n) is 8.23. The van der Waals surface area contributed by atoms with Crippen molar-refractivity contribution in [1.29, 1.82) is 0 Å². The van der Waals surface area contributed by atoms with Gasteiger partial charge in [-0.1, -0.05) is 0 Å². The van der Waals surface area contributed by atoms with Gasteiger partial charge >= 0.3 is 12.4 Å². The number of aliphatic hydroxyl groups is 1. The molecule has 2 saturated carbocycles. The average Bonchev–Trinajstić information content (AvgIpc) is 2.72. The van der Waals surface area contributed by atoms with Crippen molar-refractivity contribution < 1.29 is 23.4 Å². The van der Waals surface area contributed by atoms with Crippen LogP contribution in [0.1, 0.15) is 19.3 Å². The molecule has 15 heavy (non-hydrogen) atoms. The molecule has 86 valence electrons. The molecule has 1 N–H and O–H groups in total. The predicted octanol–water partition coefficient (Wildman–Crippen LogP) is 1.20. The highest BCUT2D eigenvalue weighted by molar-refractivity contribution is 5.72. The quantitative estimate of drug-likeness (QED) is 0.727. The van der Waals surface area contributed by atoms with E-state index in [-0.39, 0.29) is 24.5 Å². The largest absolute Gasteiger partial charge is 0.461 e. The third-order valence-electron chi connectivity index (χ3n) is 3.58. The molecular weight excluding hydrogens is 206 g/mol. The van der Waals surface area contributed by atoms with Gasteiger partial charge in [0.15, 0.2) is 0 Å². The fraction of sp³-hybridized carbons (Fsp3) is 0.900. The summed E-state index contributed by atoms with van der Waals surface area (Å²) in [5.74, 6) is -0.639. The molecule has 2 aliphatic rings. The van der Waals surface area contributed by atoms with E-state index in [9.17, 15) is 18.7 Å². The molecule has 4 atom stereocenters. The van der Waals surface area contributed by atoms with Gasteiger partial charge in [0.05, 0.1) is 12.7 Å². The Morgan fingerprint density at radius 1 is 1.33 bits per heavy atom. The van der Waals surface area contributed by atoms with Crippen molar-refractivity contribution in [3.05, 3.63) is 0 Å². The second-order valence-electron chi connectivity index (χ2n) is 4.49. The molecule has 2 aliphatic carbocycles. The number of hydrogen-bond donors (Lipinski definition) is 1. The minimum Gasteiger partial charge on any atom is -0.461 e. The first kappa shape index (κ1) is 10.8. The number of fused-ring (bicyclic) bond motifs is 2. The summed E-state index contributed by atoms with van der Waals surface area (Å²) >= 11 is 0. The SMILES string of the molecule is O=C(OCC1CC2CC1CC2O)C(F)F. The summed E-state index contributed by atoms with van der Waals surface area (Å²) in [4.78, 5) is 10.5. The fourth-order valence-electron chi connectivity index (χ4n) is 2.82. The lowest BCUT2D eigenvalue weighted by Crippen LogP contribution is -2.26. The summed E-state index contributed by atoms with van der Waals surface area (Å²) in [5.41, 5.74) is 0. The zero-order valence-corrected chi connectivity index (χ0v) is 8.23. The van der Waals surface area contributed by atoms with Crippen LogP contribution in [0.4, 0.5) is 8.78 Å². The fourth-order valence-corrected chi connectivity index (χ4v) is 2.82. The van der Waals surface area contributed by atoms with Crippen molar-refractivity contribution in [3.63, 3.8) is 0 Å². The highest BCUT2D eigenvalue weighted by Gasteiger charge is 2.45. The van der Waals surface area contributed by atoms with Gasteiger partial charge in [-0.05, 0) is 37.0 Å². The maximum absolute atomic E-state index is 11.8. The molecular formula is C10H14F2O3. The molecule has 5 heteroatoms. The van der Waals surface area contributed by atoms with E-state index in [1.807, 2.05) is 0 Å². The molecule has 0 amide bonds. The highest BCUT2D eigenvalue weighted by Crippen LogP contribution is 2.48. The number of carbonyl (C=O) groups excluding carboxylic acids is 1. The normalized spacial score (nSPS) is 38.7. The van der Waals surface area contributed by atoms with Crippen LogP contribution in [0.3, 0.4) is 0 Å². The second kappa shape index (κ2) is 4.04. The monoisotopic (exact) mass is 220 g/mol. The highest BCUT2D eigenvalue weighted by atomic mass is 19.3. The molecule has 0 heterocycles. The molecule has 2 fully saturated rings. The van der Waals surface area contributed by atoms with Gasteiger partial charge in [-0.2, -0.15) is 8.78 Å². The van der Waals surface area contributed by atoms with Crippen molar-refractivity contribution in [1.82, 2.24) is 0 Å². The number of rotatable bonds is 3. The first-order valence-corrected chi connectivity index (χ1v) is 5.20. The number of ether oxygens (including phenoxy) is 1. The van der Waals surface area contributed by atoms with Crippen molar-refractivity contribution >= 4 is 5.97 Å². The Morgan fingerprint density at radius 3 is 2.53 bits per heavy atom. The molecule has 0 saturated heterocycles. The topological polar surface area (TPSA) is 46.5 Å². The Balaban J connectivity index is 1.76. The van der Waals surface area contributed by atoms with E-state index < -0.39 is 12.4 Å². The number of carbonyl (C=O) groups is 1. The number of esters is 1. The standard InChI is InChI=1S/C10H14F2O3/c11-9(12)10(14)15-4-7-2-6-1-5(7)3-8(6)13/h5-9,13H,1-4H2. The molecule has 0 aromatic rings. The number of halogens is 2. The summed E-state index contributed by atoms with van der Waals surface area (Å²) in [6.45, 7) is 0.0804. The molecule has 2 bridgehead atoms. The smallest absolute Gasteiger partial charge is 0.373 e. The summed E-state index contributed by atoms with van der Waals surface area (Å²) in [6, 6.07) is 0. The van der Waals surface area contributed by atoms with Gasteiger partial charge in [-0.3, -0.25) is 0 Å². The first-order chi connectivity index (χ1) is 7.08. The minimum atomic E-state index is -3.03. The van der Waals surface area contributed by atoms with Crippen molar-refractivity contribution in [2.45, 2.75) is 31.8 Å². The number of alkyl halides is 2. The van der Waals surface area contributed by atoms with E-state index in [0.717, 1.165) is 19.3 Å². The Bertz CT molecular complexity index is 255. The Labute approximate surface area is 86.4 Å². The predicted molar refractivity (Wildman–Crippen MR) is 47.3 cm³/mol. The van der Waals surface area contributed by atoms with Gasteiger partial charge in [-0.25, -0.2) is 4.79 Å². The van der Waals surface area contributed by atoms with Gasteiger partial charge < -0.3 is 9.84 Å². The van der Waals surface area contributed by atoms with E-state index in [0.29, 0.717) is 5.92 Å². The van der Waals surface area contributed by atoms with Crippen LogP contribution in [0.25, 0.3) is 0 Å². The third kappa shape index (κ3) is 2.12. The summed E-state index contributed by atoms with van der Waals surface area (Å²) in [5, 5.41) is 9.48. The molecule has 4 unspecified atom stereocenters. The van der Waals surface area contributed by atoms with Crippen LogP contribution >= 0.6 is 0 Å². The van der Waals surface area contributed by atoms with Crippen LogP contribution in [0.5, 0.6) is 0 Å². The maximum Gasteiger partial charge on any atom is 0.373 e. The summed E-state index contributed by atoms with van der Waals surface area (Å²) < 4.78 is 28.2. The maximum atomic E-state index is 11.8. The van der Waals surface area contributed by atoms with Crippen molar-refractivity contribution in [3.8, 4) is 0 Å². The molecule has 2 rings (SSSR count). The van der Waals surface area contributed by atoms with E-state index in [1.165, 1.54) is 0 Å². The van der Waals surface area contributed by atoms with Gasteiger partial charge in [0.1, 0.15) is 0 Å². The Hall–Kier alpha value is -0.710. The lowest BCUT2D eigenvalue weighted by molar-refractivity contribution is -0.158. The van der Waals surface area contributed by atoms with Crippen LogP contribution in [0, 0.1) is 17.8 Å². The van der Waals surface area contributed by atoms with Crippen LogP contribution in [-0.4, -0.2) is 30.2 Å². The lowest BCUT2D eigenvalue weighted by atomic mass is 9.88. The van der Waals surface area contributed by atoms with Crippen LogP contribution in [-0.2, 0) is 9.53 Å². The minimum absolute atomic E-state index is 0.0804. The van der Waals surface area contributed by atoms with Gasteiger partial charge in [0.25, 0.3) is 0 Å². The third-order valence-corrected chi connectivity index (χ3v) is 3.58.